The zero-order valence-corrected chi connectivity index (χ0v) is 12.9. The summed E-state index contributed by atoms with van der Waals surface area (Å²) in [5.74, 6) is 0. The number of ether oxygens (including phenoxy) is 1. The molecule has 0 saturated carbocycles. The molecule has 2 unspecified atom stereocenters. The van der Waals surface area contributed by atoms with E-state index in [1.54, 1.807) is 0 Å². The normalized spacial score (nSPS) is 21.4. The van der Waals surface area contributed by atoms with Crippen LogP contribution in [-0.2, 0) is 4.74 Å². The van der Waals surface area contributed by atoms with Crippen LogP contribution in [0.1, 0.15) is 44.2 Å². The minimum atomic E-state index is 0.254. The van der Waals surface area contributed by atoms with Crippen LogP contribution in [0.5, 0.6) is 0 Å². The van der Waals surface area contributed by atoms with E-state index in [1.165, 1.54) is 17.8 Å². The molecule has 0 bridgehead atoms. The summed E-state index contributed by atoms with van der Waals surface area (Å²) in [6.07, 6.45) is 4.77. The maximum absolute atomic E-state index is 6.26. The van der Waals surface area contributed by atoms with E-state index in [9.17, 15) is 0 Å². The van der Waals surface area contributed by atoms with Gasteiger partial charge in [-0.25, -0.2) is 0 Å². The van der Waals surface area contributed by atoms with Crippen molar-refractivity contribution in [2.45, 2.75) is 44.8 Å². The first-order chi connectivity index (χ1) is 8.70. The summed E-state index contributed by atoms with van der Waals surface area (Å²) in [5, 5.41) is 3.55. The second-order valence-electron chi connectivity index (χ2n) is 4.66. The highest BCUT2D eigenvalue weighted by atomic mass is 35.5. The van der Waals surface area contributed by atoms with Gasteiger partial charge >= 0.3 is 0 Å². The molecule has 2 atom stereocenters. The highest BCUT2D eigenvalue weighted by molar-refractivity contribution is 7.20. The summed E-state index contributed by atoms with van der Waals surface area (Å²) in [4.78, 5) is 0. The predicted octanol–water partition coefficient (Wildman–Crippen LogP) is 4.66. The van der Waals surface area contributed by atoms with E-state index in [0.29, 0.717) is 6.10 Å². The van der Waals surface area contributed by atoms with Crippen molar-refractivity contribution in [1.29, 1.82) is 0 Å². The van der Waals surface area contributed by atoms with Crippen molar-refractivity contribution in [1.82, 2.24) is 5.32 Å². The third kappa shape index (κ3) is 3.84. The van der Waals surface area contributed by atoms with Crippen molar-refractivity contribution in [2.75, 3.05) is 13.2 Å². The Bertz CT molecular complexity index is 377. The molecular weight excluding hydrogens is 289 g/mol. The lowest BCUT2D eigenvalue weighted by Gasteiger charge is -2.21. The van der Waals surface area contributed by atoms with Gasteiger partial charge in [-0.05, 0) is 38.3 Å². The molecule has 1 aromatic heterocycles. The minimum Gasteiger partial charge on any atom is -0.378 e. The molecule has 0 aliphatic carbocycles. The lowest BCUT2D eigenvalue weighted by atomic mass is 10.0. The molecule has 1 aromatic rings. The van der Waals surface area contributed by atoms with Crippen LogP contribution in [-0.4, -0.2) is 19.3 Å². The van der Waals surface area contributed by atoms with E-state index in [0.717, 1.165) is 46.7 Å². The predicted molar refractivity (Wildman–Crippen MR) is 79.0 cm³/mol. The molecule has 0 spiro atoms. The van der Waals surface area contributed by atoms with Gasteiger partial charge in [0.25, 0.3) is 0 Å². The molecule has 0 amide bonds. The summed E-state index contributed by atoms with van der Waals surface area (Å²) < 4.78 is 7.27. The van der Waals surface area contributed by atoms with Crippen LogP contribution in [0.15, 0.2) is 6.07 Å². The fourth-order valence-electron chi connectivity index (χ4n) is 2.32. The van der Waals surface area contributed by atoms with Crippen molar-refractivity contribution in [3.63, 3.8) is 0 Å². The zero-order valence-electron chi connectivity index (χ0n) is 10.5. The number of hydrogen-bond acceptors (Lipinski definition) is 3. The standard InChI is InChI=1S/C13H19Cl2NOS/c1-2-5-16-11(7-9-4-3-6-17-9)10-8-12(14)18-13(10)15/h8-9,11,16H,2-7H2,1H3. The maximum atomic E-state index is 6.26. The largest absolute Gasteiger partial charge is 0.378 e. The van der Waals surface area contributed by atoms with Gasteiger partial charge in [0.2, 0.25) is 0 Å². The quantitative estimate of drug-likeness (QED) is 0.825. The summed E-state index contributed by atoms with van der Waals surface area (Å²) in [5.41, 5.74) is 1.12. The van der Waals surface area contributed by atoms with Gasteiger partial charge in [0.1, 0.15) is 0 Å². The van der Waals surface area contributed by atoms with E-state index in [2.05, 4.69) is 12.2 Å². The van der Waals surface area contributed by atoms with Crippen molar-refractivity contribution < 1.29 is 4.74 Å². The number of nitrogens with one attached hydrogen (secondary N) is 1. The molecule has 2 heterocycles. The molecule has 18 heavy (non-hydrogen) atoms. The Kier molecular flexibility index (Phi) is 5.77. The monoisotopic (exact) mass is 307 g/mol. The van der Waals surface area contributed by atoms with Crippen LogP contribution in [0.2, 0.25) is 8.67 Å². The van der Waals surface area contributed by atoms with Gasteiger partial charge in [0.05, 0.1) is 14.8 Å². The smallest absolute Gasteiger partial charge is 0.0991 e. The molecular formula is C13H19Cl2NOS. The van der Waals surface area contributed by atoms with Crippen molar-refractivity contribution in [2.24, 2.45) is 0 Å². The van der Waals surface area contributed by atoms with E-state index in [1.807, 2.05) is 6.07 Å². The number of thiophene rings is 1. The number of hydrogen-bond donors (Lipinski definition) is 1. The molecule has 0 aromatic carbocycles. The van der Waals surface area contributed by atoms with Gasteiger partial charge in [-0.15, -0.1) is 11.3 Å². The molecule has 5 heteroatoms. The summed E-state index contributed by atoms with van der Waals surface area (Å²) in [6, 6.07) is 2.24. The van der Waals surface area contributed by atoms with E-state index < -0.39 is 0 Å². The number of rotatable bonds is 6. The van der Waals surface area contributed by atoms with Gasteiger partial charge in [-0.2, -0.15) is 0 Å². The summed E-state index contributed by atoms with van der Waals surface area (Å²) in [7, 11) is 0. The lowest BCUT2D eigenvalue weighted by Crippen LogP contribution is -2.26. The van der Waals surface area contributed by atoms with Crippen LogP contribution in [0.3, 0.4) is 0 Å². The Hall–Kier alpha value is 0.200. The molecule has 0 radical (unpaired) electrons. The first kappa shape index (κ1) is 14.6. The molecule has 2 rings (SSSR count). The molecule has 1 saturated heterocycles. The second-order valence-corrected chi connectivity index (χ2v) is 6.94. The summed E-state index contributed by atoms with van der Waals surface area (Å²) in [6.45, 7) is 4.04. The van der Waals surface area contributed by atoms with E-state index >= 15 is 0 Å². The summed E-state index contributed by atoms with van der Waals surface area (Å²) >= 11 is 13.7. The van der Waals surface area contributed by atoms with Crippen LogP contribution in [0.25, 0.3) is 0 Å². The molecule has 1 aliphatic rings. The van der Waals surface area contributed by atoms with Gasteiger partial charge in [0, 0.05) is 18.2 Å². The third-order valence-electron chi connectivity index (χ3n) is 3.22. The minimum absolute atomic E-state index is 0.254. The van der Waals surface area contributed by atoms with Crippen LogP contribution in [0, 0.1) is 0 Å². The van der Waals surface area contributed by atoms with Crippen molar-refractivity contribution >= 4 is 34.5 Å². The molecule has 1 fully saturated rings. The maximum Gasteiger partial charge on any atom is 0.0991 e. The van der Waals surface area contributed by atoms with Gasteiger partial charge in [-0.1, -0.05) is 30.1 Å². The van der Waals surface area contributed by atoms with E-state index in [-0.39, 0.29) is 6.04 Å². The first-order valence-electron chi connectivity index (χ1n) is 6.50. The number of halogens is 2. The molecule has 1 N–H and O–H groups in total. The second kappa shape index (κ2) is 7.11. The fourth-order valence-corrected chi connectivity index (χ4v) is 3.90. The van der Waals surface area contributed by atoms with Crippen molar-refractivity contribution in [3.8, 4) is 0 Å². The molecule has 2 nitrogen and oxygen atoms in total. The van der Waals surface area contributed by atoms with Crippen LogP contribution >= 0.6 is 34.5 Å². The molecule has 1 aliphatic heterocycles. The Labute approximate surface area is 123 Å². The fraction of sp³-hybridized carbons (Fsp3) is 0.692. The van der Waals surface area contributed by atoms with Crippen LogP contribution < -0.4 is 5.32 Å². The highest BCUT2D eigenvalue weighted by Crippen LogP contribution is 2.37. The Morgan fingerprint density at radius 3 is 2.94 bits per heavy atom. The SMILES string of the molecule is CCCNC(CC1CCCO1)c1cc(Cl)sc1Cl. The average molecular weight is 308 g/mol. The van der Waals surface area contributed by atoms with Gasteiger partial charge in [0.15, 0.2) is 0 Å². The van der Waals surface area contributed by atoms with E-state index in [4.69, 9.17) is 27.9 Å². The van der Waals surface area contributed by atoms with Crippen LogP contribution in [0.4, 0.5) is 0 Å². The highest BCUT2D eigenvalue weighted by Gasteiger charge is 2.24. The third-order valence-corrected chi connectivity index (χ3v) is 4.74. The Balaban J connectivity index is 2.05. The average Bonchev–Trinajstić information content (AvgIpc) is 2.94. The Morgan fingerprint density at radius 1 is 1.56 bits per heavy atom. The lowest BCUT2D eigenvalue weighted by molar-refractivity contribution is 0.0946. The topological polar surface area (TPSA) is 21.3 Å². The molecule has 102 valence electrons. The van der Waals surface area contributed by atoms with Gasteiger partial charge < -0.3 is 10.1 Å². The van der Waals surface area contributed by atoms with Crippen molar-refractivity contribution in [3.05, 3.63) is 20.3 Å². The zero-order chi connectivity index (χ0) is 13.0. The Morgan fingerprint density at radius 2 is 2.39 bits per heavy atom. The first-order valence-corrected chi connectivity index (χ1v) is 8.07. The van der Waals surface area contributed by atoms with Gasteiger partial charge in [-0.3, -0.25) is 0 Å².